The summed E-state index contributed by atoms with van der Waals surface area (Å²) < 4.78 is 0. The van der Waals surface area contributed by atoms with Crippen LogP contribution in [0.1, 0.15) is 25.0 Å². The molecule has 0 aliphatic rings. The second-order valence-electron chi connectivity index (χ2n) is 5.06. The molecule has 0 radical (unpaired) electrons. The Hall–Kier alpha value is -1.95. The summed E-state index contributed by atoms with van der Waals surface area (Å²) in [4.78, 5) is 2.28. The molecule has 0 spiro atoms. The lowest BCUT2D eigenvalue weighted by atomic mass is 10.0. The maximum absolute atomic E-state index is 9.42. The van der Waals surface area contributed by atoms with Gasteiger partial charge in [-0.1, -0.05) is 41.4 Å². The molecule has 2 aromatic carbocycles. The first-order chi connectivity index (χ1) is 11.1. The van der Waals surface area contributed by atoms with Crippen molar-refractivity contribution in [1.82, 2.24) is 0 Å². The summed E-state index contributed by atoms with van der Waals surface area (Å²) in [7, 11) is 0. The van der Waals surface area contributed by atoms with Crippen LogP contribution in [0, 0.1) is 11.3 Å². The van der Waals surface area contributed by atoms with Crippen LogP contribution in [-0.2, 0) is 0 Å². The van der Waals surface area contributed by atoms with E-state index in [1.807, 2.05) is 18.2 Å². The molecule has 0 unspecified atom stereocenters. The minimum atomic E-state index is 0.446. The number of benzene rings is 2. The van der Waals surface area contributed by atoms with Crippen molar-refractivity contribution in [3.8, 4) is 6.07 Å². The lowest BCUT2D eigenvalue weighted by molar-refractivity contribution is 0.866. The van der Waals surface area contributed by atoms with E-state index in [9.17, 15) is 5.26 Å². The number of allylic oxidation sites excluding steroid dienone is 1. The summed E-state index contributed by atoms with van der Waals surface area (Å²) in [5.74, 6) is 0. The molecule has 0 saturated heterocycles. The minimum Gasteiger partial charge on any atom is -0.372 e. The summed E-state index contributed by atoms with van der Waals surface area (Å²) in [5.41, 5.74) is 3.47. The molecule has 0 N–H and O–H groups in total. The van der Waals surface area contributed by atoms with Crippen LogP contribution < -0.4 is 4.90 Å². The standard InChI is InChI=1S/C19H18Cl2N2/c1-3-23(4-2)17-8-5-14(6-9-17)11-16(13-22)15-7-10-18(20)19(21)12-15/h5-12H,3-4H2,1-2H3/b16-11-. The number of nitriles is 1. The normalized spacial score (nSPS) is 11.2. The summed E-state index contributed by atoms with van der Waals surface area (Å²) in [6, 6.07) is 15.6. The van der Waals surface area contributed by atoms with E-state index in [0.717, 1.165) is 24.2 Å². The van der Waals surface area contributed by atoms with Crippen LogP contribution in [0.3, 0.4) is 0 Å². The van der Waals surface area contributed by atoms with Gasteiger partial charge >= 0.3 is 0 Å². The zero-order valence-electron chi connectivity index (χ0n) is 13.2. The lowest BCUT2D eigenvalue weighted by Gasteiger charge is -2.20. The molecule has 0 heterocycles. The van der Waals surface area contributed by atoms with E-state index >= 15 is 0 Å². The third-order valence-electron chi connectivity index (χ3n) is 3.68. The quantitative estimate of drug-likeness (QED) is 0.498. The van der Waals surface area contributed by atoms with Crippen LogP contribution in [0.2, 0.25) is 10.0 Å². The number of hydrogen-bond acceptors (Lipinski definition) is 2. The summed E-state index contributed by atoms with van der Waals surface area (Å²) in [5, 5.41) is 10.3. The van der Waals surface area contributed by atoms with Crippen LogP contribution in [0.25, 0.3) is 11.6 Å². The largest absolute Gasteiger partial charge is 0.372 e. The molecule has 23 heavy (non-hydrogen) atoms. The van der Waals surface area contributed by atoms with Gasteiger partial charge in [-0.05, 0) is 55.3 Å². The van der Waals surface area contributed by atoms with E-state index in [2.05, 4.69) is 36.9 Å². The van der Waals surface area contributed by atoms with E-state index < -0.39 is 0 Å². The number of nitrogens with zero attached hydrogens (tertiary/aromatic N) is 2. The van der Waals surface area contributed by atoms with E-state index in [4.69, 9.17) is 23.2 Å². The van der Waals surface area contributed by atoms with Gasteiger partial charge in [0.15, 0.2) is 0 Å². The molecule has 2 nitrogen and oxygen atoms in total. The van der Waals surface area contributed by atoms with Gasteiger partial charge in [-0.3, -0.25) is 0 Å². The molecule has 0 aliphatic carbocycles. The van der Waals surface area contributed by atoms with Crippen molar-refractivity contribution in [2.24, 2.45) is 0 Å². The van der Waals surface area contributed by atoms with Crippen molar-refractivity contribution in [3.63, 3.8) is 0 Å². The predicted octanol–water partition coefficient (Wildman–Crippen LogP) is 5.90. The number of rotatable bonds is 5. The highest BCUT2D eigenvalue weighted by molar-refractivity contribution is 6.42. The average molecular weight is 345 g/mol. The van der Waals surface area contributed by atoms with Crippen LogP contribution in [0.5, 0.6) is 0 Å². The van der Waals surface area contributed by atoms with Gasteiger partial charge in [0.25, 0.3) is 0 Å². The summed E-state index contributed by atoms with van der Waals surface area (Å²) >= 11 is 12.0. The second kappa shape index (κ2) is 8.06. The Labute approximate surface area is 147 Å². The number of anilines is 1. The lowest BCUT2D eigenvalue weighted by Crippen LogP contribution is -2.21. The Kier molecular flexibility index (Phi) is 6.10. The predicted molar refractivity (Wildman–Crippen MR) is 99.9 cm³/mol. The molecule has 0 saturated carbocycles. The topological polar surface area (TPSA) is 27.0 Å². The van der Waals surface area contributed by atoms with Gasteiger partial charge in [-0.25, -0.2) is 0 Å². The van der Waals surface area contributed by atoms with Gasteiger partial charge in [0.05, 0.1) is 21.7 Å². The highest BCUT2D eigenvalue weighted by Crippen LogP contribution is 2.27. The Morgan fingerprint density at radius 1 is 1.04 bits per heavy atom. The molecule has 0 amide bonds. The molecule has 0 fully saturated rings. The van der Waals surface area contributed by atoms with Crippen molar-refractivity contribution >= 4 is 40.5 Å². The van der Waals surface area contributed by atoms with Gasteiger partial charge in [-0.15, -0.1) is 0 Å². The minimum absolute atomic E-state index is 0.446. The van der Waals surface area contributed by atoms with Crippen LogP contribution >= 0.6 is 23.2 Å². The van der Waals surface area contributed by atoms with Crippen molar-refractivity contribution in [2.75, 3.05) is 18.0 Å². The van der Waals surface area contributed by atoms with E-state index in [0.29, 0.717) is 15.6 Å². The molecular weight excluding hydrogens is 327 g/mol. The zero-order chi connectivity index (χ0) is 16.8. The number of halogens is 2. The molecular formula is C19H18Cl2N2. The molecule has 118 valence electrons. The Morgan fingerprint density at radius 3 is 2.22 bits per heavy atom. The first-order valence-corrected chi connectivity index (χ1v) is 8.26. The van der Waals surface area contributed by atoms with Gasteiger partial charge in [0.2, 0.25) is 0 Å². The summed E-state index contributed by atoms with van der Waals surface area (Å²) in [6.07, 6.45) is 1.85. The zero-order valence-corrected chi connectivity index (χ0v) is 14.7. The fourth-order valence-corrected chi connectivity index (χ4v) is 2.68. The molecule has 0 aliphatic heterocycles. The van der Waals surface area contributed by atoms with E-state index in [1.165, 1.54) is 5.69 Å². The van der Waals surface area contributed by atoms with Gasteiger partial charge in [0.1, 0.15) is 0 Å². The first-order valence-electron chi connectivity index (χ1n) is 7.51. The van der Waals surface area contributed by atoms with Gasteiger partial charge in [0, 0.05) is 18.8 Å². The Balaban J connectivity index is 2.31. The van der Waals surface area contributed by atoms with E-state index in [1.54, 1.807) is 18.2 Å². The van der Waals surface area contributed by atoms with Crippen molar-refractivity contribution in [2.45, 2.75) is 13.8 Å². The molecule has 0 aromatic heterocycles. The van der Waals surface area contributed by atoms with Crippen LogP contribution in [-0.4, -0.2) is 13.1 Å². The first kappa shape index (κ1) is 17.4. The Morgan fingerprint density at radius 2 is 1.70 bits per heavy atom. The molecule has 4 heteroatoms. The second-order valence-corrected chi connectivity index (χ2v) is 5.88. The fourth-order valence-electron chi connectivity index (χ4n) is 2.38. The molecule has 2 aromatic rings. The third-order valence-corrected chi connectivity index (χ3v) is 4.42. The third kappa shape index (κ3) is 4.28. The fraction of sp³-hybridized carbons (Fsp3) is 0.211. The van der Waals surface area contributed by atoms with Crippen molar-refractivity contribution in [3.05, 3.63) is 63.6 Å². The molecule has 0 bridgehead atoms. The van der Waals surface area contributed by atoms with Crippen LogP contribution in [0.15, 0.2) is 42.5 Å². The maximum Gasteiger partial charge on any atom is 0.0998 e. The monoisotopic (exact) mass is 344 g/mol. The molecule has 2 rings (SSSR count). The Bertz CT molecular complexity index is 739. The van der Waals surface area contributed by atoms with Crippen molar-refractivity contribution in [1.29, 1.82) is 5.26 Å². The van der Waals surface area contributed by atoms with Crippen molar-refractivity contribution < 1.29 is 0 Å². The molecule has 0 atom stereocenters. The summed E-state index contributed by atoms with van der Waals surface area (Å²) in [6.45, 7) is 6.21. The number of hydrogen-bond donors (Lipinski definition) is 0. The smallest absolute Gasteiger partial charge is 0.0998 e. The average Bonchev–Trinajstić information content (AvgIpc) is 2.57. The van der Waals surface area contributed by atoms with Gasteiger partial charge in [-0.2, -0.15) is 5.26 Å². The SMILES string of the molecule is CCN(CC)c1ccc(/C=C(/C#N)c2ccc(Cl)c(Cl)c2)cc1. The highest BCUT2D eigenvalue weighted by Gasteiger charge is 2.05. The van der Waals surface area contributed by atoms with E-state index in [-0.39, 0.29) is 0 Å². The maximum atomic E-state index is 9.42. The highest BCUT2D eigenvalue weighted by atomic mass is 35.5. The van der Waals surface area contributed by atoms with Gasteiger partial charge < -0.3 is 4.90 Å². The van der Waals surface area contributed by atoms with Crippen LogP contribution in [0.4, 0.5) is 5.69 Å².